The first-order valence-electron chi connectivity index (χ1n) is 7.15. The zero-order valence-electron chi connectivity index (χ0n) is 12.2. The number of rotatable bonds is 9. The normalized spacial score (nSPS) is 22.7. The van der Waals surface area contributed by atoms with Gasteiger partial charge in [0.25, 0.3) is 0 Å². The van der Waals surface area contributed by atoms with E-state index in [9.17, 15) is 9.59 Å². The second-order valence-corrected chi connectivity index (χ2v) is 4.89. The van der Waals surface area contributed by atoms with Crippen molar-refractivity contribution in [2.75, 3.05) is 20.3 Å². The lowest BCUT2D eigenvalue weighted by Crippen LogP contribution is -2.32. The van der Waals surface area contributed by atoms with Gasteiger partial charge < -0.3 is 9.47 Å². The maximum atomic E-state index is 11.8. The lowest BCUT2D eigenvalue weighted by Gasteiger charge is -2.14. The Hall–Kier alpha value is -1.10. The van der Waals surface area contributed by atoms with Crippen LogP contribution >= 0.6 is 0 Å². The highest BCUT2D eigenvalue weighted by Crippen LogP contribution is 2.25. The van der Waals surface area contributed by atoms with Crippen LogP contribution in [0.25, 0.3) is 0 Å². The minimum absolute atomic E-state index is 0.209. The number of esters is 2. The Morgan fingerprint density at radius 2 is 2.00 bits per heavy atom. The van der Waals surface area contributed by atoms with Crippen LogP contribution in [0.2, 0.25) is 0 Å². The molecule has 1 rings (SSSR count). The Morgan fingerprint density at radius 3 is 2.58 bits per heavy atom. The van der Waals surface area contributed by atoms with Crippen LogP contribution in [0.3, 0.4) is 0 Å². The second kappa shape index (κ2) is 8.15. The Bertz CT molecular complexity index is 306. The first kappa shape index (κ1) is 16.0. The van der Waals surface area contributed by atoms with Gasteiger partial charge in [0.05, 0.1) is 13.7 Å². The van der Waals surface area contributed by atoms with Gasteiger partial charge in [-0.3, -0.25) is 14.5 Å². The average Bonchev–Trinajstić information content (AvgIpc) is 3.19. The van der Waals surface area contributed by atoms with Crippen molar-refractivity contribution in [1.82, 2.24) is 4.90 Å². The summed E-state index contributed by atoms with van der Waals surface area (Å²) >= 11 is 0. The first-order valence-corrected chi connectivity index (χ1v) is 7.15. The molecule has 3 atom stereocenters. The third kappa shape index (κ3) is 4.82. The molecule has 0 spiro atoms. The fourth-order valence-corrected chi connectivity index (χ4v) is 2.18. The predicted molar refractivity (Wildman–Crippen MR) is 71.7 cm³/mol. The van der Waals surface area contributed by atoms with E-state index in [0.717, 1.165) is 12.8 Å². The zero-order valence-corrected chi connectivity index (χ0v) is 12.2. The van der Waals surface area contributed by atoms with E-state index >= 15 is 0 Å². The van der Waals surface area contributed by atoms with Crippen molar-refractivity contribution in [1.29, 1.82) is 0 Å². The third-order valence-electron chi connectivity index (χ3n) is 3.43. The minimum atomic E-state index is -0.317. The van der Waals surface area contributed by atoms with Crippen LogP contribution in [-0.4, -0.2) is 49.2 Å². The lowest BCUT2D eigenvalue weighted by molar-refractivity contribution is -0.147. The molecule has 0 aromatic heterocycles. The minimum Gasteiger partial charge on any atom is -0.468 e. The molecule has 1 unspecified atom stereocenters. The number of carbonyl (C=O) groups is 2. The van der Waals surface area contributed by atoms with Crippen LogP contribution in [-0.2, 0) is 19.1 Å². The van der Waals surface area contributed by atoms with E-state index in [2.05, 4.69) is 6.92 Å². The largest absolute Gasteiger partial charge is 0.468 e. The number of unbranched alkanes of at least 4 members (excludes halogenated alkanes) is 3. The molecule has 1 saturated heterocycles. The molecule has 1 fully saturated rings. The number of hydrogen-bond acceptors (Lipinski definition) is 5. The molecule has 1 aliphatic rings. The van der Waals surface area contributed by atoms with Crippen molar-refractivity contribution in [2.24, 2.45) is 0 Å². The summed E-state index contributed by atoms with van der Waals surface area (Å²) in [5.74, 6) is -0.486. The third-order valence-corrected chi connectivity index (χ3v) is 3.43. The van der Waals surface area contributed by atoms with E-state index in [1.54, 1.807) is 0 Å². The van der Waals surface area contributed by atoms with Gasteiger partial charge in [-0.2, -0.15) is 0 Å². The fraction of sp³-hybridized carbons (Fsp3) is 0.857. The summed E-state index contributed by atoms with van der Waals surface area (Å²) in [6.45, 7) is 5.14. The van der Waals surface area contributed by atoms with Crippen LogP contribution in [0.15, 0.2) is 0 Å². The molecule has 0 amide bonds. The van der Waals surface area contributed by atoms with E-state index in [-0.39, 0.29) is 24.0 Å². The van der Waals surface area contributed by atoms with Crippen molar-refractivity contribution >= 4 is 11.9 Å². The van der Waals surface area contributed by atoms with E-state index in [1.807, 2.05) is 11.8 Å². The van der Waals surface area contributed by atoms with Crippen molar-refractivity contribution in [3.63, 3.8) is 0 Å². The van der Waals surface area contributed by atoms with Gasteiger partial charge in [0.15, 0.2) is 0 Å². The van der Waals surface area contributed by atoms with Crippen LogP contribution in [0.5, 0.6) is 0 Å². The average molecular weight is 271 g/mol. The summed E-state index contributed by atoms with van der Waals surface area (Å²) in [4.78, 5) is 25.1. The SMILES string of the molecule is CCCCCCOC(=O)[C@H]1CN1[C@H](CC)C(=O)OC. The Morgan fingerprint density at radius 1 is 1.26 bits per heavy atom. The molecule has 1 heterocycles. The highest BCUT2D eigenvalue weighted by molar-refractivity contribution is 5.82. The number of ether oxygens (including phenoxy) is 2. The van der Waals surface area contributed by atoms with Gasteiger partial charge in [-0.1, -0.05) is 33.1 Å². The molecule has 0 N–H and O–H groups in total. The predicted octanol–water partition coefficient (Wildman–Crippen LogP) is 1.75. The molecule has 0 bridgehead atoms. The van der Waals surface area contributed by atoms with Gasteiger partial charge in [0.2, 0.25) is 0 Å². The van der Waals surface area contributed by atoms with Crippen molar-refractivity contribution in [3.8, 4) is 0 Å². The molecule has 0 aromatic carbocycles. The topological polar surface area (TPSA) is 55.6 Å². The Kier molecular flexibility index (Phi) is 6.84. The van der Waals surface area contributed by atoms with Crippen molar-refractivity contribution in [3.05, 3.63) is 0 Å². The van der Waals surface area contributed by atoms with Crippen LogP contribution < -0.4 is 0 Å². The molecule has 110 valence electrons. The van der Waals surface area contributed by atoms with E-state index in [1.165, 1.54) is 20.0 Å². The molecular formula is C14H25NO4. The smallest absolute Gasteiger partial charge is 0.324 e. The highest BCUT2D eigenvalue weighted by atomic mass is 16.5. The summed E-state index contributed by atoms with van der Waals surface area (Å²) in [6.07, 6.45) is 5.00. The van der Waals surface area contributed by atoms with Crippen molar-refractivity contribution in [2.45, 2.75) is 58.0 Å². The molecule has 0 aromatic rings. The molecule has 5 nitrogen and oxygen atoms in total. The summed E-state index contributed by atoms with van der Waals surface area (Å²) in [5.41, 5.74) is 0. The summed E-state index contributed by atoms with van der Waals surface area (Å²) in [7, 11) is 1.37. The molecule has 5 heteroatoms. The summed E-state index contributed by atoms with van der Waals surface area (Å²) in [6, 6.07) is -0.571. The first-order chi connectivity index (χ1) is 9.15. The van der Waals surface area contributed by atoms with E-state index in [4.69, 9.17) is 9.47 Å². The number of nitrogens with zero attached hydrogens (tertiary/aromatic N) is 1. The summed E-state index contributed by atoms with van der Waals surface area (Å²) in [5, 5.41) is 0. The number of hydrogen-bond donors (Lipinski definition) is 0. The maximum absolute atomic E-state index is 11.8. The maximum Gasteiger partial charge on any atom is 0.324 e. The van der Waals surface area contributed by atoms with Gasteiger partial charge >= 0.3 is 11.9 Å². The molecule has 0 aliphatic carbocycles. The van der Waals surface area contributed by atoms with Gasteiger partial charge in [0, 0.05) is 6.54 Å². The highest BCUT2D eigenvalue weighted by Gasteiger charge is 2.48. The lowest BCUT2D eigenvalue weighted by atomic mass is 10.2. The molecule has 1 aliphatic heterocycles. The Labute approximate surface area is 115 Å². The van der Waals surface area contributed by atoms with Crippen LogP contribution in [0.4, 0.5) is 0 Å². The quantitative estimate of drug-likeness (QED) is 0.363. The zero-order chi connectivity index (χ0) is 14.3. The second-order valence-electron chi connectivity index (χ2n) is 4.89. The summed E-state index contributed by atoms with van der Waals surface area (Å²) < 4.78 is 9.94. The molecule has 19 heavy (non-hydrogen) atoms. The van der Waals surface area contributed by atoms with Crippen molar-refractivity contribution < 1.29 is 19.1 Å². The fourth-order valence-electron chi connectivity index (χ4n) is 2.18. The monoisotopic (exact) mass is 271 g/mol. The van der Waals surface area contributed by atoms with E-state index in [0.29, 0.717) is 19.6 Å². The van der Waals surface area contributed by atoms with E-state index < -0.39 is 0 Å². The molecule has 0 radical (unpaired) electrons. The number of methoxy groups -OCH3 is 1. The van der Waals surface area contributed by atoms with Crippen LogP contribution in [0, 0.1) is 0 Å². The molecular weight excluding hydrogens is 246 g/mol. The molecule has 0 saturated carbocycles. The van der Waals surface area contributed by atoms with Gasteiger partial charge in [-0.25, -0.2) is 0 Å². The van der Waals surface area contributed by atoms with Crippen LogP contribution in [0.1, 0.15) is 46.0 Å². The number of carbonyl (C=O) groups excluding carboxylic acids is 2. The van der Waals surface area contributed by atoms with Gasteiger partial charge in [-0.05, 0) is 12.8 Å². The van der Waals surface area contributed by atoms with Gasteiger partial charge in [0.1, 0.15) is 12.1 Å². The van der Waals surface area contributed by atoms with Gasteiger partial charge in [-0.15, -0.1) is 0 Å². The Balaban J connectivity index is 2.23. The standard InChI is InChI=1S/C14H25NO4/c1-4-6-7-8-9-19-14(17)12-10-15(12)11(5-2)13(16)18-3/h11-12H,4-10H2,1-3H3/t11-,12-,15?/m1/s1.